The fraction of sp³-hybridized carbons (Fsp3) is 0.778. The molecule has 1 heterocycles. The van der Waals surface area contributed by atoms with Crippen molar-refractivity contribution in [2.45, 2.75) is 78.2 Å². The fourth-order valence-electron chi connectivity index (χ4n) is 3.59. The van der Waals surface area contributed by atoms with Crippen LogP contribution in [0, 0.1) is 18.8 Å². The average molecular weight is 291 g/mol. The highest BCUT2D eigenvalue weighted by Gasteiger charge is 2.25. The van der Waals surface area contributed by atoms with Crippen molar-refractivity contribution in [2.24, 2.45) is 11.8 Å². The molecular weight excluding hydrogens is 262 g/mol. The number of furan rings is 1. The van der Waals surface area contributed by atoms with Gasteiger partial charge in [0.05, 0.1) is 6.10 Å². The lowest BCUT2D eigenvalue weighted by molar-refractivity contribution is -0.0158. The molecule has 2 unspecified atom stereocenters. The first-order valence-electron chi connectivity index (χ1n) is 8.53. The van der Waals surface area contributed by atoms with Crippen LogP contribution in [0.2, 0.25) is 0 Å². The lowest BCUT2D eigenvalue weighted by Gasteiger charge is -2.31. The van der Waals surface area contributed by atoms with Gasteiger partial charge < -0.3 is 14.5 Å². The number of nitrogens with one attached hydrogen (secondary N) is 1. The number of hydrogen-bond acceptors (Lipinski definition) is 3. The molecule has 1 aromatic rings. The van der Waals surface area contributed by atoms with Gasteiger partial charge in [-0.15, -0.1) is 0 Å². The van der Waals surface area contributed by atoms with Crippen LogP contribution in [0.4, 0.5) is 0 Å². The van der Waals surface area contributed by atoms with Gasteiger partial charge in [0.2, 0.25) is 0 Å². The van der Waals surface area contributed by atoms with E-state index in [1.54, 1.807) is 0 Å². The zero-order valence-corrected chi connectivity index (χ0v) is 13.7. The molecule has 1 N–H and O–H groups in total. The Morgan fingerprint density at radius 1 is 1.19 bits per heavy atom. The molecule has 3 nitrogen and oxygen atoms in total. The van der Waals surface area contributed by atoms with Crippen molar-refractivity contribution < 1.29 is 9.15 Å². The molecule has 2 aliphatic rings. The Labute approximate surface area is 128 Å². The number of hydrogen-bond donors (Lipinski definition) is 1. The topological polar surface area (TPSA) is 34.4 Å². The first-order valence-corrected chi connectivity index (χ1v) is 8.53. The molecule has 1 aromatic heterocycles. The maximum atomic E-state index is 6.10. The molecule has 3 rings (SSSR count). The Balaban J connectivity index is 1.49. The summed E-state index contributed by atoms with van der Waals surface area (Å²) in [6, 6.07) is 2.91. The second-order valence-electron chi connectivity index (χ2n) is 7.30. The van der Waals surface area contributed by atoms with Gasteiger partial charge in [0.25, 0.3) is 0 Å². The van der Waals surface area contributed by atoms with Gasteiger partial charge in [-0.3, -0.25) is 0 Å². The van der Waals surface area contributed by atoms with E-state index >= 15 is 0 Å². The zero-order valence-electron chi connectivity index (χ0n) is 13.7. The summed E-state index contributed by atoms with van der Waals surface area (Å²) in [6.45, 7) is 8.28. The van der Waals surface area contributed by atoms with Crippen molar-refractivity contribution in [3.05, 3.63) is 23.2 Å². The molecule has 0 aromatic carbocycles. The van der Waals surface area contributed by atoms with E-state index in [0.717, 1.165) is 35.9 Å². The maximum absolute atomic E-state index is 6.10. The minimum atomic E-state index is 0.405. The van der Waals surface area contributed by atoms with E-state index in [9.17, 15) is 0 Å². The Kier molecular flexibility index (Phi) is 4.70. The van der Waals surface area contributed by atoms with Gasteiger partial charge in [0.1, 0.15) is 18.1 Å². The molecular formula is C18H29NO2. The third kappa shape index (κ3) is 4.33. The van der Waals surface area contributed by atoms with Gasteiger partial charge in [-0.25, -0.2) is 0 Å². The predicted molar refractivity (Wildman–Crippen MR) is 84.1 cm³/mol. The van der Waals surface area contributed by atoms with E-state index in [1.807, 2.05) is 0 Å². The zero-order chi connectivity index (χ0) is 14.8. The van der Waals surface area contributed by atoms with Crippen LogP contribution in [0.5, 0.6) is 0 Å². The number of ether oxygens (including phenoxy) is 1. The second kappa shape index (κ2) is 6.53. The van der Waals surface area contributed by atoms with E-state index in [-0.39, 0.29) is 0 Å². The third-order valence-corrected chi connectivity index (χ3v) is 4.83. The first-order chi connectivity index (χ1) is 10.1. The van der Waals surface area contributed by atoms with Crippen molar-refractivity contribution in [1.82, 2.24) is 5.32 Å². The Bertz CT molecular complexity index is 454. The summed E-state index contributed by atoms with van der Waals surface area (Å²) in [7, 11) is 0. The van der Waals surface area contributed by atoms with Gasteiger partial charge in [-0.05, 0) is 56.9 Å². The molecule has 0 bridgehead atoms. The summed E-state index contributed by atoms with van der Waals surface area (Å²) < 4.78 is 11.9. The molecule has 0 spiro atoms. The quantitative estimate of drug-likeness (QED) is 0.853. The normalized spacial score (nSPS) is 29.8. The minimum absolute atomic E-state index is 0.405. The molecule has 2 saturated carbocycles. The average Bonchev–Trinajstić information content (AvgIpc) is 3.17. The van der Waals surface area contributed by atoms with E-state index in [4.69, 9.17) is 9.15 Å². The highest BCUT2D eigenvalue weighted by Crippen LogP contribution is 2.31. The molecule has 0 amide bonds. The molecule has 0 radical (unpaired) electrons. The molecule has 2 fully saturated rings. The molecule has 2 aliphatic carbocycles. The maximum Gasteiger partial charge on any atom is 0.130 e. The van der Waals surface area contributed by atoms with Crippen LogP contribution in [0.15, 0.2) is 10.5 Å². The Hall–Kier alpha value is -0.800. The van der Waals surface area contributed by atoms with E-state index in [2.05, 4.69) is 32.2 Å². The molecule has 0 saturated heterocycles. The molecule has 2 atom stereocenters. The van der Waals surface area contributed by atoms with Crippen LogP contribution >= 0.6 is 0 Å². The monoisotopic (exact) mass is 291 g/mol. The highest BCUT2D eigenvalue weighted by molar-refractivity contribution is 5.20. The lowest BCUT2D eigenvalue weighted by atomic mass is 9.82. The van der Waals surface area contributed by atoms with Crippen molar-refractivity contribution >= 4 is 0 Å². The lowest BCUT2D eigenvalue weighted by Crippen LogP contribution is -2.26. The SMILES string of the molecule is Cc1oc(COC2CC(C)CC(C)C2)cc1CNC1CC1. The predicted octanol–water partition coefficient (Wildman–Crippen LogP) is 4.18. The third-order valence-electron chi connectivity index (χ3n) is 4.83. The summed E-state index contributed by atoms with van der Waals surface area (Å²) in [6.07, 6.45) is 6.79. The highest BCUT2D eigenvalue weighted by atomic mass is 16.5. The van der Waals surface area contributed by atoms with Crippen molar-refractivity contribution in [3.63, 3.8) is 0 Å². The van der Waals surface area contributed by atoms with Crippen LogP contribution in [-0.2, 0) is 17.9 Å². The van der Waals surface area contributed by atoms with Crippen LogP contribution in [0.3, 0.4) is 0 Å². The molecule has 118 valence electrons. The molecule has 3 heteroatoms. The van der Waals surface area contributed by atoms with Gasteiger partial charge in [-0.1, -0.05) is 13.8 Å². The summed E-state index contributed by atoms with van der Waals surface area (Å²) in [5, 5.41) is 3.54. The van der Waals surface area contributed by atoms with Crippen LogP contribution in [0.1, 0.15) is 63.0 Å². The standard InChI is InChI=1S/C18H29NO2/c1-12-6-13(2)8-17(7-12)20-11-18-9-15(14(3)21-18)10-19-16-4-5-16/h9,12-13,16-17,19H,4-8,10-11H2,1-3H3. The largest absolute Gasteiger partial charge is 0.464 e. The summed E-state index contributed by atoms with van der Waals surface area (Å²) in [5.41, 5.74) is 1.28. The van der Waals surface area contributed by atoms with E-state index in [1.165, 1.54) is 37.7 Å². The van der Waals surface area contributed by atoms with E-state index in [0.29, 0.717) is 12.7 Å². The fourth-order valence-corrected chi connectivity index (χ4v) is 3.59. The van der Waals surface area contributed by atoms with Crippen LogP contribution in [-0.4, -0.2) is 12.1 Å². The first kappa shape index (κ1) is 15.1. The van der Waals surface area contributed by atoms with Gasteiger partial charge in [0.15, 0.2) is 0 Å². The smallest absolute Gasteiger partial charge is 0.130 e. The Morgan fingerprint density at radius 3 is 2.57 bits per heavy atom. The summed E-state index contributed by atoms with van der Waals surface area (Å²) >= 11 is 0. The van der Waals surface area contributed by atoms with Gasteiger partial charge >= 0.3 is 0 Å². The van der Waals surface area contributed by atoms with Crippen molar-refractivity contribution in [1.29, 1.82) is 0 Å². The number of rotatable bonds is 6. The molecule has 21 heavy (non-hydrogen) atoms. The van der Waals surface area contributed by atoms with Crippen LogP contribution < -0.4 is 5.32 Å². The van der Waals surface area contributed by atoms with Gasteiger partial charge in [0, 0.05) is 18.2 Å². The summed E-state index contributed by atoms with van der Waals surface area (Å²) in [4.78, 5) is 0. The second-order valence-corrected chi connectivity index (χ2v) is 7.30. The van der Waals surface area contributed by atoms with Crippen molar-refractivity contribution in [2.75, 3.05) is 0 Å². The minimum Gasteiger partial charge on any atom is -0.464 e. The number of aryl methyl sites for hydroxylation is 1. The Morgan fingerprint density at radius 2 is 1.90 bits per heavy atom. The molecule has 0 aliphatic heterocycles. The van der Waals surface area contributed by atoms with Crippen LogP contribution in [0.25, 0.3) is 0 Å². The summed E-state index contributed by atoms with van der Waals surface area (Å²) in [5.74, 6) is 3.59. The van der Waals surface area contributed by atoms with Crippen molar-refractivity contribution in [3.8, 4) is 0 Å². The van der Waals surface area contributed by atoms with Gasteiger partial charge in [-0.2, -0.15) is 0 Å². The van der Waals surface area contributed by atoms with E-state index < -0.39 is 0 Å².